The molecule has 10 heteroatoms. The Hall–Kier alpha value is -3.57. The summed E-state index contributed by atoms with van der Waals surface area (Å²) in [5.74, 6) is -0.235. The van der Waals surface area contributed by atoms with Crippen LogP contribution in [0.4, 0.5) is 5.69 Å². The van der Waals surface area contributed by atoms with Crippen LogP contribution in [0.2, 0.25) is 0 Å². The Morgan fingerprint density at radius 1 is 1.03 bits per heavy atom. The molecule has 166 valence electrons. The van der Waals surface area contributed by atoms with Crippen molar-refractivity contribution in [2.45, 2.75) is 11.6 Å². The van der Waals surface area contributed by atoms with Crippen LogP contribution in [0.3, 0.4) is 0 Å². The summed E-state index contributed by atoms with van der Waals surface area (Å²) < 4.78 is 36.2. The number of benzene rings is 3. The number of nitrogens with one attached hydrogen (secondary N) is 1. The van der Waals surface area contributed by atoms with Gasteiger partial charge in [-0.1, -0.05) is 60.7 Å². The molecule has 2 aliphatic rings. The number of nitrogens with zero attached hydrogens (tertiary/aromatic N) is 2. The Morgan fingerprint density at radius 2 is 1.79 bits per heavy atom. The van der Waals surface area contributed by atoms with Crippen LogP contribution in [-0.2, 0) is 24.6 Å². The number of fused-ring (bicyclic) bond motifs is 5. The molecule has 0 spiro atoms. The lowest BCUT2D eigenvalue weighted by molar-refractivity contribution is -0.385. The van der Waals surface area contributed by atoms with Gasteiger partial charge in [0.15, 0.2) is 0 Å². The van der Waals surface area contributed by atoms with Gasteiger partial charge in [0, 0.05) is 41.1 Å². The summed E-state index contributed by atoms with van der Waals surface area (Å²) in [7, 11) is -4.42. The third-order valence-electron chi connectivity index (χ3n) is 6.19. The summed E-state index contributed by atoms with van der Waals surface area (Å²) in [4.78, 5) is 14.3. The standard InChI is InChI=1S/C23H17N3O6S/c27-26(28)17-10-6-9-16(13-17)23-22-21(18-11-4-5-12-20(18)24-22)19(15-7-2-1-3-8-15)14-25(23)32-33(29,30)31-23/h1-13,19,24H,14H2. The van der Waals surface area contributed by atoms with Crippen LogP contribution in [0.15, 0.2) is 78.9 Å². The number of aromatic nitrogens is 1. The minimum absolute atomic E-state index is 0.154. The Bertz CT molecular complexity index is 1520. The van der Waals surface area contributed by atoms with Crippen molar-refractivity contribution in [2.24, 2.45) is 0 Å². The maximum Gasteiger partial charge on any atom is 0.419 e. The highest BCUT2D eigenvalue weighted by molar-refractivity contribution is 7.82. The van der Waals surface area contributed by atoms with Gasteiger partial charge in [0.25, 0.3) is 5.69 Å². The number of para-hydroxylation sites is 1. The zero-order chi connectivity index (χ0) is 22.8. The van der Waals surface area contributed by atoms with E-state index in [1.165, 1.54) is 23.3 Å². The molecule has 0 saturated carbocycles. The highest BCUT2D eigenvalue weighted by Crippen LogP contribution is 2.53. The van der Waals surface area contributed by atoms with Crippen molar-refractivity contribution in [1.82, 2.24) is 10.0 Å². The third-order valence-corrected chi connectivity index (χ3v) is 7.00. The van der Waals surface area contributed by atoms with Crippen LogP contribution in [0.1, 0.15) is 28.3 Å². The van der Waals surface area contributed by atoms with E-state index in [1.807, 2.05) is 54.6 Å². The van der Waals surface area contributed by atoms with Crippen LogP contribution >= 0.6 is 0 Å². The van der Waals surface area contributed by atoms with Crippen LogP contribution in [0.5, 0.6) is 0 Å². The van der Waals surface area contributed by atoms with Gasteiger partial charge in [-0.25, -0.2) is 4.18 Å². The van der Waals surface area contributed by atoms with E-state index in [0.717, 1.165) is 22.0 Å². The Balaban J connectivity index is 1.69. The van der Waals surface area contributed by atoms with E-state index < -0.39 is 21.0 Å². The summed E-state index contributed by atoms with van der Waals surface area (Å²) in [6, 6.07) is 23.1. The van der Waals surface area contributed by atoms with E-state index in [1.54, 1.807) is 6.07 Å². The second-order valence-electron chi connectivity index (χ2n) is 8.00. The number of nitro benzene ring substituents is 1. The quantitative estimate of drug-likeness (QED) is 0.362. The highest BCUT2D eigenvalue weighted by atomic mass is 32.3. The number of aromatic amines is 1. The average molecular weight is 463 g/mol. The molecule has 0 bridgehead atoms. The predicted molar refractivity (Wildman–Crippen MR) is 118 cm³/mol. The van der Waals surface area contributed by atoms with Crippen LogP contribution in [0.25, 0.3) is 10.9 Å². The first-order valence-corrected chi connectivity index (χ1v) is 11.6. The Labute approximate surface area is 188 Å². The number of H-pyrrole nitrogens is 1. The van der Waals surface area contributed by atoms with Gasteiger partial charge in [-0.3, -0.25) is 10.1 Å². The van der Waals surface area contributed by atoms with Crippen molar-refractivity contribution in [3.05, 3.63) is 111 Å². The summed E-state index contributed by atoms with van der Waals surface area (Å²) in [5.41, 5.74) is 1.46. The van der Waals surface area contributed by atoms with E-state index >= 15 is 0 Å². The normalized spacial score (nSPS) is 23.8. The lowest BCUT2D eigenvalue weighted by Crippen LogP contribution is -2.49. The summed E-state index contributed by atoms with van der Waals surface area (Å²) in [5, 5.41) is 13.6. The molecule has 4 aromatic rings. The molecule has 6 rings (SSSR count). The van der Waals surface area contributed by atoms with Crippen molar-refractivity contribution < 1.29 is 21.8 Å². The fourth-order valence-corrected chi connectivity index (χ4v) is 5.84. The molecule has 1 fully saturated rings. The van der Waals surface area contributed by atoms with Gasteiger partial charge in [0.05, 0.1) is 10.6 Å². The smallest absolute Gasteiger partial charge is 0.354 e. The number of rotatable bonds is 3. The second-order valence-corrected chi connectivity index (χ2v) is 9.13. The molecule has 9 nitrogen and oxygen atoms in total. The first kappa shape index (κ1) is 20.1. The maximum atomic E-state index is 12.6. The maximum absolute atomic E-state index is 12.6. The molecule has 3 aromatic carbocycles. The van der Waals surface area contributed by atoms with Gasteiger partial charge in [0.2, 0.25) is 5.72 Å². The first-order valence-electron chi connectivity index (χ1n) is 10.2. The molecule has 0 amide bonds. The Kier molecular flexibility index (Phi) is 4.23. The minimum Gasteiger partial charge on any atom is -0.354 e. The molecule has 3 heterocycles. The lowest BCUT2D eigenvalue weighted by atomic mass is 9.81. The fourth-order valence-electron chi connectivity index (χ4n) is 4.87. The van der Waals surface area contributed by atoms with Gasteiger partial charge in [0.1, 0.15) is 0 Å². The molecule has 1 N–H and O–H groups in total. The van der Waals surface area contributed by atoms with Crippen LogP contribution in [-0.4, -0.2) is 29.9 Å². The topological polar surface area (TPSA) is 115 Å². The zero-order valence-electron chi connectivity index (χ0n) is 17.0. The molecule has 0 radical (unpaired) electrons. The van der Waals surface area contributed by atoms with Gasteiger partial charge >= 0.3 is 10.4 Å². The van der Waals surface area contributed by atoms with Gasteiger partial charge < -0.3 is 4.98 Å². The van der Waals surface area contributed by atoms with E-state index in [0.29, 0.717) is 5.69 Å². The first-order chi connectivity index (χ1) is 15.9. The molecular formula is C23H17N3O6S. The number of hydrogen-bond acceptors (Lipinski definition) is 7. The highest BCUT2D eigenvalue weighted by Gasteiger charge is 2.60. The Morgan fingerprint density at radius 3 is 2.58 bits per heavy atom. The molecule has 0 aliphatic carbocycles. The van der Waals surface area contributed by atoms with Gasteiger partial charge in [-0.05, 0) is 17.2 Å². The SMILES string of the molecule is O=[N+]([O-])c1cccc(C23OS(=O)(=O)ON2CC(c2ccccc2)c2c3[nH]c3ccccc23)c1. The largest absolute Gasteiger partial charge is 0.419 e. The van der Waals surface area contributed by atoms with Crippen LogP contribution in [0, 0.1) is 10.1 Å². The number of non-ortho nitro benzene ring substituents is 1. The number of hydroxylamine groups is 2. The fraction of sp³-hybridized carbons (Fsp3) is 0.130. The lowest BCUT2D eigenvalue weighted by Gasteiger charge is -2.40. The predicted octanol–water partition coefficient (Wildman–Crippen LogP) is 3.93. The molecule has 2 aliphatic heterocycles. The number of nitro groups is 1. The summed E-state index contributed by atoms with van der Waals surface area (Å²) in [6.45, 7) is 0.154. The third kappa shape index (κ3) is 2.92. The molecule has 2 unspecified atom stereocenters. The summed E-state index contributed by atoms with van der Waals surface area (Å²) >= 11 is 0. The average Bonchev–Trinajstić information content (AvgIpc) is 3.34. The van der Waals surface area contributed by atoms with Gasteiger partial charge in [-0.15, -0.1) is 5.06 Å². The second kappa shape index (κ2) is 6.96. The summed E-state index contributed by atoms with van der Waals surface area (Å²) in [6.07, 6.45) is 0. The van der Waals surface area contributed by atoms with E-state index in [2.05, 4.69) is 4.98 Å². The molecule has 33 heavy (non-hydrogen) atoms. The van der Waals surface area contributed by atoms with E-state index in [-0.39, 0.29) is 23.7 Å². The van der Waals surface area contributed by atoms with Crippen molar-refractivity contribution in [1.29, 1.82) is 0 Å². The molecule has 1 saturated heterocycles. The van der Waals surface area contributed by atoms with E-state index in [4.69, 9.17) is 8.47 Å². The monoisotopic (exact) mass is 463 g/mol. The zero-order valence-corrected chi connectivity index (χ0v) is 17.9. The van der Waals surface area contributed by atoms with Crippen molar-refractivity contribution in [3.63, 3.8) is 0 Å². The molecular weight excluding hydrogens is 446 g/mol. The molecule has 2 atom stereocenters. The van der Waals surface area contributed by atoms with Crippen molar-refractivity contribution in [3.8, 4) is 0 Å². The molecule has 1 aromatic heterocycles. The van der Waals surface area contributed by atoms with Crippen LogP contribution < -0.4 is 0 Å². The van der Waals surface area contributed by atoms with Crippen molar-refractivity contribution in [2.75, 3.05) is 6.54 Å². The van der Waals surface area contributed by atoms with E-state index in [9.17, 15) is 18.5 Å². The number of hydrogen-bond donors (Lipinski definition) is 1. The van der Waals surface area contributed by atoms with Crippen molar-refractivity contribution >= 4 is 27.0 Å². The minimum atomic E-state index is -4.42. The van der Waals surface area contributed by atoms with Gasteiger partial charge in [-0.2, -0.15) is 12.7 Å².